The lowest BCUT2D eigenvalue weighted by Gasteiger charge is -2.19. The number of aromatic nitrogens is 4. The molecule has 0 spiro atoms. The fourth-order valence-corrected chi connectivity index (χ4v) is 4.81. The molecule has 7 nitrogen and oxygen atoms in total. The van der Waals surface area contributed by atoms with Crippen LogP contribution in [-0.2, 0) is 4.79 Å². The van der Waals surface area contributed by atoms with Crippen LogP contribution in [0.15, 0.2) is 53.7 Å². The van der Waals surface area contributed by atoms with Gasteiger partial charge < -0.3 is 10.1 Å². The van der Waals surface area contributed by atoms with Gasteiger partial charge in [-0.25, -0.2) is 4.68 Å². The van der Waals surface area contributed by atoms with E-state index in [2.05, 4.69) is 20.8 Å². The van der Waals surface area contributed by atoms with Gasteiger partial charge in [-0.2, -0.15) is 0 Å². The molecule has 1 amide bonds. The van der Waals surface area contributed by atoms with Crippen molar-refractivity contribution in [3.8, 4) is 5.75 Å². The van der Waals surface area contributed by atoms with Crippen molar-refractivity contribution in [2.75, 3.05) is 12.4 Å². The molecule has 1 aliphatic rings. The lowest BCUT2D eigenvalue weighted by atomic mass is 10.1. The Kier molecular flexibility index (Phi) is 6.32. The quantitative estimate of drug-likeness (QED) is 0.560. The minimum absolute atomic E-state index is 0.143. The molecule has 1 atom stereocenters. The first kappa shape index (κ1) is 20.4. The zero-order valence-corrected chi connectivity index (χ0v) is 17.9. The first-order chi connectivity index (χ1) is 14.7. The zero-order chi connectivity index (χ0) is 20.9. The summed E-state index contributed by atoms with van der Waals surface area (Å²) in [4.78, 5) is 13.4. The number of tetrazole rings is 1. The summed E-state index contributed by atoms with van der Waals surface area (Å²) in [5.41, 5.74) is 2.59. The molecule has 1 saturated carbocycles. The van der Waals surface area contributed by atoms with Gasteiger partial charge in [0.2, 0.25) is 11.1 Å². The molecule has 4 rings (SSSR count). The molecule has 0 aliphatic heterocycles. The van der Waals surface area contributed by atoms with Crippen molar-refractivity contribution in [2.45, 2.75) is 49.1 Å². The van der Waals surface area contributed by atoms with Crippen LogP contribution in [0.4, 0.5) is 5.69 Å². The van der Waals surface area contributed by atoms with Crippen molar-refractivity contribution in [3.05, 3.63) is 59.7 Å². The van der Waals surface area contributed by atoms with Crippen molar-refractivity contribution in [1.29, 1.82) is 0 Å². The molecular formula is C22H25N5O2S. The fourth-order valence-electron chi connectivity index (χ4n) is 3.77. The van der Waals surface area contributed by atoms with Gasteiger partial charge in [0.15, 0.2) is 0 Å². The monoisotopic (exact) mass is 423 g/mol. The summed E-state index contributed by atoms with van der Waals surface area (Å²) in [5.74, 6) is 0.484. The average Bonchev–Trinajstić information content (AvgIpc) is 3.44. The molecule has 0 bridgehead atoms. The Morgan fingerprint density at radius 2 is 1.97 bits per heavy atom. The lowest BCUT2D eigenvalue weighted by molar-refractivity contribution is -0.115. The largest absolute Gasteiger partial charge is 0.495 e. The maximum Gasteiger partial charge on any atom is 0.242 e. The third kappa shape index (κ3) is 4.48. The summed E-state index contributed by atoms with van der Waals surface area (Å²) in [6, 6.07) is 15.7. The zero-order valence-electron chi connectivity index (χ0n) is 17.1. The highest BCUT2D eigenvalue weighted by Gasteiger charge is 2.28. The molecule has 0 unspecified atom stereocenters. The predicted molar refractivity (Wildman–Crippen MR) is 117 cm³/mol. The first-order valence-electron chi connectivity index (χ1n) is 10.1. The molecule has 3 aromatic rings. The SMILES string of the molecule is COc1ccc(C)cc1NC(=O)[C@H](Sc1nnnn1C1CCCC1)c1ccccc1. The number of thioether (sulfide) groups is 1. The Balaban J connectivity index is 1.62. The maximum absolute atomic E-state index is 13.4. The van der Waals surface area contributed by atoms with E-state index in [-0.39, 0.29) is 5.91 Å². The Bertz CT molecular complexity index is 1000. The van der Waals surface area contributed by atoms with Gasteiger partial charge in [-0.3, -0.25) is 4.79 Å². The van der Waals surface area contributed by atoms with E-state index >= 15 is 0 Å². The minimum Gasteiger partial charge on any atom is -0.495 e. The molecule has 8 heteroatoms. The molecule has 1 heterocycles. The van der Waals surface area contributed by atoms with Crippen molar-refractivity contribution in [3.63, 3.8) is 0 Å². The van der Waals surface area contributed by atoms with Crippen LogP contribution in [0, 0.1) is 6.92 Å². The molecule has 30 heavy (non-hydrogen) atoms. The maximum atomic E-state index is 13.4. The van der Waals surface area contributed by atoms with Crippen LogP contribution < -0.4 is 10.1 Å². The number of carbonyl (C=O) groups excluding carboxylic acids is 1. The van der Waals surface area contributed by atoms with E-state index in [1.807, 2.05) is 60.1 Å². The van der Waals surface area contributed by atoms with Crippen LogP contribution in [0.5, 0.6) is 5.75 Å². The van der Waals surface area contributed by atoms with Gasteiger partial charge in [0.25, 0.3) is 0 Å². The van der Waals surface area contributed by atoms with Crippen molar-refractivity contribution >= 4 is 23.4 Å². The number of benzene rings is 2. The first-order valence-corrected chi connectivity index (χ1v) is 11.0. The highest BCUT2D eigenvalue weighted by molar-refractivity contribution is 8.00. The molecule has 0 saturated heterocycles. The predicted octanol–water partition coefficient (Wildman–Crippen LogP) is 4.58. The van der Waals surface area contributed by atoms with Gasteiger partial charge in [0.05, 0.1) is 18.8 Å². The van der Waals surface area contributed by atoms with E-state index < -0.39 is 5.25 Å². The number of hydrogen-bond donors (Lipinski definition) is 1. The number of methoxy groups -OCH3 is 1. The van der Waals surface area contributed by atoms with Crippen molar-refractivity contribution in [2.24, 2.45) is 0 Å². The van der Waals surface area contributed by atoms with Crippen LogP contribution in [0.1, 0.15) is 48.1 Å². The molecule has 1 aliphatic carbocycles. The summed E-state index contributed by atoms with van der Waals surface area (Å²) in [7, 11) is 1.60. The number of aryl methyl sites for hydroxylation is 1. The summed E-state index contributed by atoms with van der Waals surface area (Å²) in [6.07, 6.45) is 4.51. The number of ether oxygens (including phenoxy) is 1. The summed E-state index contributed by atoms with van der Waals surface area (Å²) < 4.78 is 7.30. The molecule has 2 aromatic carbocycles. The smallest absolute Gasteiger partial charge is 0.242 e. The van der Waals surface area contributed by atoms with E-state index in [0.717, 1.165) is 24.0 Å². The Morgan fingerprint density at radius 1 is 1.20 bits per heavy atom. The van der Waals surface area contributed by atoms with Crippen molar-refractivity contribution < 1.29 is 9.53 Å². The second kappa shape index (κ2) is 9.30. The number of anilines is 1. The summed E-state index contributed by atoms with van der Waals surface area (Å²) in [6.45, 7) is 1.98. The number of hydrogen-bond acceptors (Lipinski definition) is 6. The van der Waals surface area contributed by atoms with Gasteiger partial charge >= 0.3 is 0 Å². The highest BCUT2D eigenvalue weighted by Crippen LogP contribution is 2.39. The molecule has 1 aromatic heterocycles. The Hall–Kier alpha value is -2.87. The van der Waals surface area contributed by atoms with Crippen LogP contribution in [0.2, 0.25) is 0 Å². The van der Waals surface area contributed by atoms with E-state index in [4.69, 9.17) is 4.74 Å². The van der Waals surface area contributed by atoms with Gasteiger partial charge in [0, 0.05) is 0 Å². The third-order valence-corrected chi connectivity index (χ3v) is 6.51. The van der Waals surface area contributed by atoms with E-state index in [1.54, 1.807) is 7.11 Å². The number of nitrogens with zero attached hydrogens (tertiary/aromatic N) is 4. The van der Waals surface area contributed by atoms with Crippen LogP contribution in [0.25, 0.3) is 0 Å². The van der Waals surface area contributed by atoms with Gasteiger partial charge in [0.1, 0.15) is 11.0 Å². The Labute approximate surface area is 180 Å². The summed E-state index contributed by atoms with van der Waals surface area (Å²) in [5, 5.41) is 15.5. The minimum atomic E-state index is -0.498. The second-order valence-electron chi connectivity index (χ2n) is 7.45. The number of carbonyl (C=O) groups is 1. The van der Waals surface area contributed by atoms with E-state index in [1.165, 1.54) is 24.6 Å². The van der Waals surface area contributed by atoms with Crippen LogP contribution >= 0.6 is 11.8 Å². The molecule has 1 fully saturated rings. The van der Waals surface area contributed by atoms with Crippen LogP contribution in [0.3, 0.4) is 0 Å². The molecule has 0 radical (unpaired) electrons. The second-order valence-corrected chi connectivity index (χ2v) is 8.52. The van der Waals surface area contributed by atoms with Gasteiger partial charge in [-0.1, -0.05) is 61.0 Å². The lowest BCUT2D eigenvalue weighted by Crippen LogP contribution is -2.20. The average molecular weight is 424 g/mol. The van der Waals surface area contributed by atoms with Crippen molar-refractivity contribution in [1.82, 2.24) is 20.2 Å². The van der Waals surface area contributed by atoms with E-state index in [0.29, 0.717) is 22.6 Å². The number of nitrogens with one attached hydrogen (secondary N) is 1. The summed E-state index contributed by atoms with van der Waals surface area (Å²) >= 11 is 1.38. The number of rotatable bonds is 7. The molecular weight excluding hydrogens is 398 g/mol. The standard InChI is InChI=1S/C22H25N5O2S/c1-15-12-13-19(29-2)18(14-15)23-21(28)20(16-8-4-3-5-9-16)30-22-24-25-26-27(22)17-10-6-7-11-17/h3-5,8-9,12-14,17,20H,6-7,10-11H2,1-2H3,(H,23,28)/t20-/m1/s1. The normalized spacial score (nSPS) is 15.1. The fraction of sp³-hybridized carbons (Fsp3) is 0.364. The third-order valence-electron chi connectivity index (χ3n) is 5.31. The van der Waals surface area contributed by atoms with Crippen LogP contribution in [-0.4, -0.2) is 33.2 Å². The molecule has 1 N–H and O–H groups in total. The van der Waals surface area contributed by atoms with E-state index in [9.17, 15) is 4.79 Å². The van der Waals surface area contributed by atoms with Gasteiger partial charge in [-0.05, 0) is 53.5 Å². The number of amides is 1. The molecule has 156 valence electrons. The van der Waals surface area contributed by atoms with Gasteiger partial charge in [-0.15, -0.1) is 5.10 Å². The Morgan fingerprint density at radius 3 is 2.70 bits per heavy atom. The highest BCUT2D eigenvalue weighted by atomic mass is 32.2. The topological polar surface area (TPSA) is 81.9 Å².